The van der Waals surface area contributed by atoms with Gasteiger partial charge in [0.1, 0.15) is 13.2 Å². The van der Waals surface area contributed by atoms with Gasteiger partial charge in [-0.05, 0) is 0 Å². The molecule has 0 saturated heterocycles. The van der Waals surface area contributed by atoms with Crippen LogP contribution in [0.4, 0.5) is 4.79 Å². The van der Waals surface area contributed by atoms with E-state index in [1.165, 1.54) is 12.2 Å². The summed E-state index contributed by atoms with van der Waals surface area (Å²) in [5.74, 6) is 0. The van der Waals surface area contributed by atoms with E-state index in [-0.39, 0.29) is 39.8 Å². The Morgan fingerprint density at radius 3 is 1.82 bits per heavy atom. The van der Waals surface area contributed by atoms with Crippen molar-refractivity contribution < 1.29 is 14.3 Å². The van der Waals surface area contributed by atoms with Gasteiger partial charge < -0.3 is 9.47 Å². The molecule has 64 valence electrons. The van der Waals surface area contributed by atoms with Crippen LogP contribution in [0.2, 0.25) is 0 Å². The molecule has 0 rings (SSSR count). The molecule has 0 N–H and O–H groups in total. The Morgan fingerprint density at radius 1 is 1.18 bits per heavy atom. The number of hydrogen-bond donors (Lipinski definition) is 0. The van der Waals surface area contributed by atoms with Gasteiger partial charge in [-0.25, -0.2) is 4.79 Å². The van der Waals surface area contributed by atoms with Crippen LogP contribution in [0, 0.1) is 0 Å². The topological polar surface area (TPSA) is 35.5 Å². The second-order valence-electron chi connectivity index (χ2n) is 1.45. The van der Waals surface area contributed by atoms with E-state index in [1.54, 1.807) is 0 Å². The zero-order valence-corrected chi connectivity index (χ0v) is 10.1. The molecule has 3 nitrogen and oxygen atoms in total. The van der Waals surface area contributed by atoms with Crippen molar-refractivity contribution in [2.45, 2.75) is 0 Å². The molecule has 4 heteroatoms. The molecular weight excluding hydrogens is 341 g/mol. The molecule has 0 radical (unpaired) electrons. The van der Waals surface area contributed by atoms with Crippen molar-refractivity contribution in [2.24, 2.45) is 0 Å². The van der Waals surface area contributed by atoms with Gasteiger partial charge in [-0.15, -0.1) is 0 Å². The molecule has 0 fully saturated rings. The van der Waals surface area contributed by atoms with Gasteiger partial charge in [-0.1, -0.05) is 25.3 Å². The Labute approximate surface area is 85.5 Å². The first kappa shape index (κ1) is 13.3. The minimum atomic E-state index is -0.695. The fourth-order valence-corrected chi connectivity index (χ4v) is 0.296. The quantitative estimate of drug-likeness (QED) is 0.549. The van der Waals surface area contributed by atoms with Crippen LogP contribution in [0.5, 0.6) is 0 Å². The zero-order chi connectivity index (χ0) is 7.82. The van der Waals surface area contributed by atoms with E-state index in [0.29, 0.717) is 0 Å². The van der Waals surface area contributed by atoms with Crippen LogP contribution in [0.15, 0.2) is 25.3 Å². The second-order valence-corrected chi connectivity index (χ2v) is 1.45. The third-order valence-electron chi connectivity index (χ3n) is 0.638. The Bertz CT molecular complexity index is 120. The predicted octanol–water partition coefficient (Wildman–Crippen LogP) is 0.595. The maximum absolute atomic E-state index is 10.4. The second kappa shape index (κ2) is 9.65. The molecule has 0 spiro atoms. The van der Waals surface area contributed by atoms with Gasteiger partial charge in [-0.2, -0.15) is 0 Å². The molecule has 0 saturated carbocycles. The summed E-state index contributed by atoms with van der Waals surface area (Å²) < 4.78 is 8.93. The Kier molecular flexibility index (Phi) is 11.6. The molecule has 0 atom stereocenters. The van der Waals surface area contributed by atoms with E-state index in [2.05, 4.69) is 22.6 Å². The molecule has 0 aromatic heterocycles. The number of carbonyl (C=O) groups is 1. The van der Waals surface area contributed by atoms with E-state index in [0.717, 1.165) is 0 Å². The van der Waals surface area contributed by atoms with Crippen molar-refractivity contribution in [3.05, 3.63) is 25.3 Å². The summed E-state index contributed by atoms with van der Waals surface area (Å²) in [6, 6.07) is 0. The summed E-state index contributed by atoms with van der Waals surface area (Å²) in [6.45, 7) is 7.07. The number of ether oxygens (including phenoxy) is 2. The molecular formula is C7H12O3Po. The number of carbonyl (C=O) groups excluding carboxylic acids is 1. The summed E-state index contributed by atoms with van der Waals surface area (Å²) in [6.07, 6.45) is 2.24. The van der Waals surface area contributed by atoms with Gasteiger partial charge in [0.25, 0.3) is 0 Å². The molecule has 0 aliphatic rings. The fraction of sp³-hybridized carbons (Fsp3) is 0.286. The first-order chi connectivity index (χ1) is 4.81. The SMILES string of the molecule is C=CCOC(=O)OCC=C.[PoH2]. The van der Waals surface area contributed by atoms with Crippen LogP contribution in [0.25, 0.3) is 0 Å². The standard InChI is InChI=1S/C7H10O3.Po.2H/c1-3-5-9-7(8)10-6-4-2;;;/h3-4H,1-2,5-6H2;;;. The van der Waals surface area contributed by atoms with Crippen LogP contribution in [-0.4, -0.2) is 45.9 Å². The molecule has 0 heterocycles. The molecule has 0 amide bonds. The van der Waals surface area contributed by atoms with Gasteiger partial charge in [0.05, 0.1) is 0 Å². The molecule has 0 aliphatic heterocycles. The van der Waals surface area contributed by atoms with Crippen LogP contribution < -0.4 is 0 Å². The van der Waals surface area contributed by atoms with Gasteiger partial charge in [0.2, 0.25) is 0 Å². The Morgan fingerprint density at radius 2 is 1.55 bits per heavy atom. The monoisotopic (exact) mass is 353 g/mol. The summed E-state index contributed by atoms with van der Waals surface area (Å²) in [7, 11) is 0. The average molecular weight is 353 g/mol. The summed E-state index contributed by atoms with van der Waals surface area (Å²) in [5, 5.41) is 0. The summed E-state index contributed by atoms with van der Waals surface area (Å²) in [4.78, 5) is 10.4. The third kappa shape index (κ3) is 9.65. The molecule has 0 aromatic rings. The van der Waals surface area contributed by atoms with Crippen LogP contribution in [0.3, 0.4) is 0 Å². The van der Waals surface area contributed by atoms with Crippen LogP contribution in [-0.2, 0) is 9.47 Å². The molecule has 11 heavy (non-hydrogen) atoms. The van der Waals surface area contributed by atoms with Gasteiger partial charge >= 0.3 is 32.7 Å². The van der Waals surface area contributed by atoms with E-state index in [4.69, 9.17) is 0 Å². The van der Waals surface area contributed by atoms with Crippen molar-refractivity contribution in [1.29, 1.82) is 0 Å². The van der Waals surface area contributed by atoms with E-state index in [9.17, 15) is 4.79 Å². The van der Waals surface area contributed by atoms with Gasteiger partial charge in [-0.3, -0.25) is 0 Å². The molecule has 0 bridgehead atoms. The number of rotatable bonds is 4. The Hall–Kier alpha value is -0.354. The van der Waals surface area contributed by atoms with E-state index < -0.39 is 6.16 Å². The minimum absolute atomic E-state index is 0. The van der Waals surface area contributed by atoms with Gasteiger partial charge in [0, 0.05) is 0 Å². The van der Waals surface area contributed by atoms with E-state index in [1.807, 2.05) is 0 Å². The average Bonchev–Trinajstić information content (AvgIpc) is 1.97. The molecule has 0 unspecified atom stereocenters. The molecule has 0 aliphatic carbocycles. The van der Waals surface area contributed by atoms with Crippen molar-refractivity contribution in [3.63, 3.8) is 0 Å². The van der Waals surface area contributed by atoms with Gasteiger partial charge in [0.15, 0.2) is 0 Å². The number of hydrogen-bond acceptors (Lipinski definition) is 3. The third-order valence-corrected chi connectivity index (χ3v) is 0.638. The zero-order valence-electron chi connectivity index (χ0n) is 6.21. The fourth-order valence-electron chi connectivity index (χ4n) is 0.296. The van der Waals surface area contributed by atoms with Crippen molar-refractivity contribution in [1.82, 2.24) is 0 Å². The summed E-state index contributed by atoms with van der Waals surface area (Å²) in [5.41, 5.74) is 0. The van der Waals surface area contributed by atoms with Crippen LogP contribution >= 0.6 is 0 Å². The predicted molar refractivity (Wildman–Crippen MR) is 46.2 cm³/mol. The maximum atomic E-state index is 10.4. The normalized spacial score (nSPS) is 7.27. The van der Waals surface area contributed by atoms with Crippen molar-refractivity contribution in [2.75, 3.05) is 13.2 Å². The molecule has 0 aromatic carbocycles. The van der Waals surface area contributed by atoms with Crippen LogP contribution in [0.1, 0.15) is 0 Å². The van der Waals surface area contributed by atoms with Crippen molar-refractivity contribution in [3.8, 4) is 0 Å². The van der Waals surface area contributed by atoms with E-state index >= 15 is 0 Å². The Balaban J connectivity index is 0. The van der Waals surface area contributed by atoms with Crippen molar-refractivity contribution >= 4 is 32.7 Å². The first-order valence-electron chi connectivity index (χ1n) is 2.82. The summed E-state index contributed by atoms with van der Waals surface area (Å²) >= 11 is 0. The first-order valence-corrected chi connectivity index (χ1v) is 2.82.